The smallest absolute Gasteiger partial charge is 0.285 e. The number of aromatic nitrogens is 3. The van der Waals surface area contributed by atoms with Crippen molar-refractivity contribution in [2.75, 3.05) is 0 Å². The average Bonchev–Trinajstić information content (AvgIpc) is 2.76. The van der Waals surface area contributed by atoms with Gasteiger partial charge in [-0.1, -0.05) is 23.2 Å². The summed E-state index contributed by atoms with van der Waals surface area (Å²) in [5.74, 6) is -0.162. The highest BCUT2D eigenvalue weighted by atomic mass is 35.5. The van der Waals surface area contributed by atoms with E-state index in [0.29, 0.717) is 15.9 Å². The number of hydrogen-bond acceptors (Lipinski definition) is 5. The molecule has 2 heterocycles. The Bertz CT molecular complexity index is 916. The van der Waals surface area contributed by atoms with Crippen LogP contribution in [0.2, 0.25) is 10.0 Å². The number of benzene rings is 1. The van der Waals surface area contributed by atoms with Gasteiger partial charge in [0, 0.05) is 10.4 Å². The van der Waals surface area contributed by atoms with Gasteiger partial charge < -0.3 is 10.1 Å². The van der Waals surface area contributed by atoms with Crippen molar-refractivity contribution in [3.63, 3.8) is 0 Å². The number of halogens is 2. The summed E-state index contributed by atoms with van der Waals surface area (Å²) in [7, 11) is 0. The van der Waals surface area contributed by atoms with E-state index in [1.807, 2.05) is 0 Å². The highest BCUT2D eigenvalue weighted by Crippen LogP contribution is 2.37. The summed E-state index contributed by atoms with van der Waals surface area (Å²) in [6, 6.07) is 5.02. The minimum absolute atomic E-state index is 0.0937. The number of azo groups is 1. The van der Waals surface area contributed by atoms with Gasteiger partial charge in [0.05, 0.1) is 11.7 Å². The Labute approximate surface area is 127 Å². The van der Waals surface area contributed by atoms with Crippen molar-refractivity contribution in [3.05, 3.63) is 44.8 Å². The number of H-pyrrole nitrogens is 2. The lowest BCUT2D eigenvalue weighted by Crippen LogP contribution is -2.06. The van der Waals surface area contributed by atoms with Crippen molar-refractivity contribution < 1.29 is 5.11 Å². The third-order valence-corrected chi connectivity index (χ3v) is 3.35. The number of fused-ring (bicyclic) bond motifs is 1. The largest absolute Gasteiger partial charge is 0.493 e. The van der Waals surface area contributed by atoms with Crippen molar-refractivity contribution in [2.45, 2.75) is 0 Å². The van der Waals surface area contributed by atoms with E-state index in [-0.39, 0.29) is 22.3 Å². The first-order valence-corrected chi connectivity index (χ1v) is 6.47. The molecule has 0 radical (unpaired) electrons. The number of nitrogens with one attached hydrogen (secondary N) is 2. The maximum absolute atomic E-state index is 11.3. The van der Waals surface area contributed by atoms with Crippen LogP contribution in [0.15, 0.2) is 39.4 Å². The van der Waals surface area contributed by atoms with Gasteiger partial charge in [-0.15, -0.1) is 10.2 Å². The van der Waals surface area contributed by atoms with E-state index in [9.17, 15) is 9.90 Å². The summed E-state index contributed by atoms with van der Waals surface area (Å²) in [5.41, 5.74) is 0.375. The zero-order chi connectivity index (χ0) is 15.0. The molecule has 0 aliphatic rings. The molecular weight excluding hydrogens is 317 g/mol. The maximum Gasteiger partial charge on any atom is 0.285 e. The van der Waals surface area contributed by atoms with Gasteiger partial charge in [-0.25, -0.2) is 5.10 Å². The molecule has 0 saturated heterocycles. The number of rotatable bonds is 2. The summed E-state index contributed by atoms with van der Waals surface area (Å²) in [4.78, 5) is 14.0. The number of hydrogen-bond donors (Lipinski definition) is 3. The molecule has 21 heavy (non-hydrogen) atoms. The summed E-state index contributed by atoms with van der Waals surface area (Å²) >= 11 is 11.7. The molecule has 0 fully saturated rings. The van der Waals surface area contributed by atoms with E-state index in [0.717, 1.165) is 0 Å². The monoisotopic (exact) mass is 323 g/mol. The quantitative estimate of drug-likeness (QED) is 0.626. The number of aromatic amines is 2. The first-order valence-electron chi connectivity index (χ1n) is 5.71. The molecule has 0 atom stereocenters. The van der Waals surface area contributed by atoms with Crippen molar-refractivity contribution in [2.24, 2.45) is 10.2 Å². The highest BCUT2D eigenvalue weighted by molar-refractivity contribution is 6.32. The number of aromatic hydroxyl groups is 1. The van der Waals surface area contributed by atoms with Crippen LogP contribution in [0.5, 0.6) is 5.88 Å². The summed E-state index contributed by atoms with van der Waals surface area (Å²) in [6.07, 6.45) is 1.26. The second kappa shape index (κ2) is 5.19. The Kier molecular flexibility index (Phi) is 3.36. The molecule has 7 nitrogen and oxygen atoms in total. The second-order valence-electron chi connectivity index (χ2n) is 4.11. The fourth-order valence-electron chi connectivity index (χ4n) is 1.78. The van der Waals surface area contributed by atoms with E-state index in [1.54, 1.807) is 18.2 Å². The molecule has 0 aliphatic carbocycles. The van der Waals surface area contributed by atoms with Crippen LogP contribution in [-0.2, 0) is 0 Å². The topological polar surface area (TPSA) is 106 Å². The molecule has 1 aromatic carbocycles. The van der Waals surface area contributed by atoms with Crippen LogP contribution in [0.1, 0.15) is 0 Å². The summed E-state index contributed by atoms with van der Waals surface area (Å²) in [5, 5.41) is 24.3. The molecule has 2 aromatic heterocycles. The van der Waals surface area contributed by atoms with E-state index < -0.39 is 5.56 Å². The molecule has 3 rings (SSSR count). The van der Waals surface area contributed by atoms with Gasteiger partial charge >= 0.3 is 0 Å². The Hall–Kier alpha value is -2.38. The maximum atomic E-state index is 11.3. The molecule has 0 amide bonds. The zero-order valence-corrected chi connectivity index (χ0v) is 11.8. The predicted molar refractivity (Wildman–Crippen MR) is 79.0 cm³/mol. The first-order chi connectivity index (χ1) is 10.1. The van der Waals surface area contributed by atoms with Crippen molar-refractivity contribution in [1.82, 2.24) is 15.2 Å². The summed E-state index contributed by atoms with van der Waals surface area (Å²) in [6.45, 7) is 0. The number of nitrogens with zero attached hydrogens (tertiary/aromatic N) is 3. The molecular formula is C12H7Cl2N5O2. The molecule has 3 aromatic rings. The predicted octanol–water partition coefficient (Wildman–Crippen LogP) is 3.68. The van der Waals surface area contributed by atoms with E-state index in [4.69, 9.17) is 23.2 Å². The zero-order valence-electron chi connectivity index (χ0n) is 10.3. The average molecular weight is 324 g/mol. The summed E-state index contributed by atoms with van der Waals surface area (Å²) < 4.78 is 0. The van der Waals surface area contributed by atoms with E-state index >= 15 is 0 Å². The Morgan fingerprint density at radius 2 is 2.05 bits per heavy atom. The van der Waals surface area contributed by atoms with Crippen molar-refractivity contribution in [1.29, 1.82) is 0 Å². The molecule has 3 N–H and O–H groups in total. The van der Waals surface area contributed by atoms with Crippen LogP contribution in [0.25, 0.3) is 10.9 Å². The Balaban J connectivity index is 2.11. The standard InChI is InChI=1S/C12H7Cl2N5O2/c13-5-1-2-7-6(3-5)10(12(21)16-7)18-17-8-4-15-19-11(20)9(8)14/h1-4,16,21H,(H,19,20). The van der Waals surface area contributed by atoms with Crippen LogP contribution in [0.3, 0.4) is 0 Å². The third kappa shape index (κ3) is 2.48. The second-order valence-corrected chi connectivity index (χ2v) is 4.92. The van der Waals surface area contributed by atoms with Crippen LogP contribution >= 0.6 is 23.2 Å². The van der Waals surface area contributed by atoms with Gasteiger partial charge in [0.25, 0.3) is 5.56 Å². The van der Waals surface area contributed by atoms with Crippen LogP contribution in [0.4, 0.5) is 11.4 Å². The van der Waals surface area contributed by atoms with Gasteiger partial charge in [0.2, 0.25) is 5.88 Å². The molecule has 0 aliphatic heterocycles. The lowest BCUT2D eigenvalue weighted by molar-refractivity contribution is 0.459. The molecule has 106 valence electrons. The third-order valence-electron chi connectivity index (χ3n) is 2.75. The molecule has 0 spiro atoms. The molecule has 9 heteroatoms. The highest BCUT2D eigenvalue weighted by Gasteiger charge is 2.11. The van der Waals surface area contributed by atoms with Crippen molar-refractivity contribution >= 4 is 45.5 Å². The first kappa shape index (κ1) is 13.6. The molecule has 0 unspecified atom stereocenters. The molecule has 0 saturated carbocycles. The van der Waals surface area contributed by atoms with Crippen molar-refractivity contribution in [3.8, 4) is 5.88 Å². The lowest BCUT2D eigenvalue weighted by Gasteiger charge is -1.95. The van der Waals surface area contributed by atoms with Gasteiger partial charge in [0.1, 0.15) is 10.7 Å². The fourth-order valence-corrected chi connectivity index (χ4v) is 2.09. The van der Waals surface area contributed by atoms with Gasteiger partial charge in [-0.2, -0.15) is 5.10 Å². The Morgan fingerprint density at radius 1 is 1.24 bits per heavy atom. The van der Waals surface area contributed by atoms with E-state index in [1.165, 1.54) is 6.20 Å². The van der Waals surface area contributed by atoms with Crippen LogP contribution in [0, 0.1) is 0 Å². The Morgan fingerprint density at radius 3 is 2.86 bits per heavy atom. The minimum Gasteiger partial charge on any atom is -0.493 e. The molecule has 0 bridgehead atoms. The van der Waals surface area contributed by atoms with E-state index in [2.05, 4.69) is 25.4 Å². The fraction of sp³-hybridized carbons (Fsp3) is 0. The SMILES string of the molecule is O=c1[nH]ncc(N=Nc2c(O)[nH]c3ccc(Cl)cc23)c1Cl. The van der Waals surface area contributed by atoms with Gasteiger partial charge in [-0.3, -0.25) is 4.79 Å². The van der Waals surface area contributed by atoms with Gasteiger partial charge in [0.15, 0.2) is 5.69 Å². The lowest BCUT2D eigenvalue weighted by atomic mass is 10.2. The normalized spacial score (nSPS) is 11.5. The minimum atomic E-state index is -0.570. The van der Waals surface area contributed by atoms with Crippen LogP contribution < -0.4 is 5.56 Å². The van der Waals surface area contributed by atoms with Gasteiger partial charge in [-0.05, 0) is 18.2 Å². The van der Waals surface area contributed by atoms with Crippen LogP contribution in [-0.4, -0.2) is 20.3 Å².